The zero-order valence-corrected chi connectivity index (χ0v) is 13.5. The first-order valence-electron chi connectivity index (χ1n) is 6.38. The van der Waals surface area contributed by atoms with E-state index in [0.29, 0.717) is 19.0 Å². The maximum atomic E-state index is 10.9. The molecular formula is C11H24N4O2S2. The van der Waals surface area contributed by atoms with Gasteiger partial charge in [0.05, 0.1) is 6.26 Å². The van der Waals surface area contributed by atoms with Crippen molar-refractivity contribution in [3.05, 3.63) is 0 Å². The number of nitrogens with zero attached hydrogens (tertiary/aromatic N) is 1. The van der Waals surface area contributed by atoms with Crippen molar-refractivity contribution in [2.45, 2.75) is 24.5 Å². The third kappa shape index (κ3) is 7.03. The molecule has 0 bridgehead atoms. The Balaban J connectivity index is 2.23. The van der Waals surface area contributed by atoms with Gasteiger partial charge in [-0.1, -0.05) is 0 Å². The van der Waals surface area contributed by atoms with Crippen LogP contribution in [0.25, 0.3) is 0 Å². The number of hydrogen-bond acceptors (Lipinski definition) is 4. The van der Waals surface area contributed by atoms with Crippen LogP contribution in [-0.2, 0) is 10.0 Å². The Kier molecular flexibility index (Phi) is 6.41. The van der Waals surface area contributed by atoms with Crippen molar-refractivity contribution < 1.29 is 8.42 Å². The summed E-state index contributed by atoms with van der Waals surface area (Å²) in [6.07, 6.45) is 3.64. The van der Waals surface area contributed by atoms with Crippen LogP contribution in [0.1, 0.15) is 19.8 Å². The SMILES string of the molecule is CN=C(NCCNS(C)(=O)=O)NCC1(C)CCCS1. The average molecular weight is 308 g/mol. The number of hydrogen-bond donors (Lipinski definition) is 3. The predicted octanol–water partition coefficient (Wildman–Crippen LogP) is -0.0137. The van der Waals surface area contributed by atoms with E-state index in [0.717, 1.165) is 12.8 Å². The molecule has 1 saturated heterocycles. The second-order valence-corrected chi connectivity index (χ2v) is 8.44. The molecule has 1 aliphatic heterocycles. The molecule has 112 valence electrons. The van der Waals surface area contributed by atoms with Gasteiger partial charge in [0.15, 0.2) is 5.96 Å². The number of nitrogens with one attached hydrogen (secondary N) is 3. The van der Waals surface area contributed by atoms with Crippen molar-refractivity contribution in [1.82, 2.24) is 15.4 Å². The first-order valence-corrected chi connectivity index (χ1v) is 9.25. The zero-order valence-electron chi connectivity index (χ0n) is 11.8. The number of rotatable bonds is 6. The molecule has 0 aromatic rings. The smallest absolute Gasteiger partial charge is 0.208 e. The maximum Gasteiger partial charge on any atom is 0.208 e. The highest BCUT2D eigenvalue weighted by Crippen LogP contribution is 2.36. The molecule has 1 atom stereocenters. The van der Waals surface area contributed by atoms with E-state index < -0.39 is 10.0 Å². The van der Waals surface area contributed by atoms with Gasteiger partial charge in [0.2, 0.25) is 10.0 Å². The van der Waals surface area contributed by atoms with Crippen LogP contribution in [0.4, 0.5) is 0 Å². The van der Waals surface area contributed by atoms with Gasteiger partial charge in [-0.15, -0.1) is 0 Å². The molecular weight excluding hydrogens is 284 g/mol. The van der Waals surface area contributed by atoms with Gasteiger partial charge >= 0.3 is 0 Å². The fraction of sp³-hybridized carbons (Fsp3) is 0.909. The summed E-state index contributed by atoms with van der Waals surface area (Å²) >= 11 is 1.99. The van der Waals surface area contributed by atoms with E-state index in [4.69, 9.17) is 0 Å². The lowest BCUT2D eigenvalue weighted by Crippen LogP contribution is -2.45. The van der Waals surface area contributed by atoms with Crippen LogP contribution in [0.2, 0.25) is 0 Å². The monoisotopic (exact) mass is 308 g/mol. The van der Waals surface area contributed by atoms with E-state index in [1.54, 1.807) is 7.05 Å². The standard InChI is InChI=1S/C11H24N4O2S2/c1-11(5-4-8-18-11)9-14-10(12-2)13-6-7-15-19(3,16)17/h15H,4-9H2,1-3H3,(H2,12,13,14). The molecule has 1 unspecified atom stereocenters. The molecule has 0 aliphatic carbocycles. The molecule has 0 aromatic heterocycles. The van der Waals surface area contributed by atoms with E-state index in [2.05, 4.69) is 27.3 Å². The molecule has 1 aliphatic rings. The Morgan fingerprint density at radius 2 is 2.11 bits per heavy atom. The van der Waals surface area contributed by atoms with Crippen LogP contribution < -0.4 is 15.4 Å². The molecule has 0 spiro atoms. The molecule has 3 N–H and O–H groups in total. The molecule has 6 nitrogen and oxygen atoms in total. The second-order valence-electron chi connectivity index (χ2n) is 4.92. The summed E-state index contributed by atoms with van der Waals surface area (Å²) in [5, 5.41) is 6.38. The first kappa shape index (κ1) is 16.6. The second kappa shape index (κ2) is 7.35. The Morgan fingerprint density at radius 1 is 1.37 bits per heavy atom. The van der Waals surface area contributed by atoms with Gasteiger partial charge in [-0.3, -0.25) is 4.99 Å². The van der Waals surface area contributed by atoms with Gasteiger partial charge in [0.1, 0.15) is 0 Å². The van der Waals surface area contributed by atoms with Crippen LogP contribution in [-0.4, -0.2) is 57.8 Å². The van der Waals surface area contributed by atoms with Gasteiger partial charge in [-0.25, -0.2) is 13.1 Å². The van der Waals surface area contributed by atoms with Gasteiger partial charge in [0, 0.05) is 31.4 Å². The third-order valence-corrected chi connectivity index (χ3v) is 5.20. The quantitative estimate of drug-likeness (QED) is 0.365. The summed E-state index contributed by atoms with van der Waals surface area (Å²) in [4.78, 5) is 4.12. The van der Waals surface area contributed by atoms with Crippen molar-refractivity contribution in [2.75, 3.05) is 38.7 Å². The molecule has 0 radical (unpaired) electrons. The van der Waals surface area contributed by atoms with Crippen molar-refractivity contribution >= 4 is 27.7 Å². The Bertz CT molecular complexity index is 403. The molecule has 1 rings (SSSR count). The van der Waals surface area contributed by atoms with Crippen molar-refractivity contribution in [2.24, 2.45) is 4.99 Å². The summed E-state index contributed by atoms with van der Waals surface area (Å²) in [6.45, 7) is 4.00. The van der Waals surface area contributed by atoms with Crippen LogP contribution in [0.5, 0.6) is 0 Å². The summed E-state index contributed by atoms with van der Waals surface area (Å²) in [7, 11) is -1.41. The van der Waals surface area contributed by atoms with Gasteiger partial charge < -0.3 is 10.6 Å². The molecule has 0 saturated carbocycles. The van der Waals surface area contributed by atoms with Crippen LogP contribution in [0.15, 0.2) is 4.99 Å². The van der Waals surface area contributed by atoms with E-state index in [1.807, 2.05) is 11.8 Å². The Morgan fingerprint density at radius 3 is 2.63 bits per heavy atom. The minimum absolute atomic E-state index is 0.280. The number of thioether (sulfide) groups is 1. The largest absolute Gasteiger partial charge is 0.355 e. The number of sulfonamides is 1. The van der Waals surface area contributed by atoms with Crippen molar-refractivity contribution in [3.8, 4) is 0 Å². The van der Waals surface area contributed by atoms with Crippen LogP contribution >= 0.6 is 11.8 Å². The number of aliphatic imine (C=N–C) groups is 1. The number of guanidine groups is 1. The van der Waals surface area contributed by atoms with Gasteiger partial charge in [-0.05, 0) is 25.5 Å². The molecule has 1 heterocycles. The fourth-order valence-corrected chi connectivity index (χ4v) is 3.60. The highest BCUT2D eigenvalue weighted by molar-refractivity contribution is 8.00. The normalized spacial score (nSPS) is 24.5. The van der Waals surface area contributed by atoms with Crippen molar-refractivity contribution in [1.29, 1.82) is 0 Å². The van der Waals surface area contributed by atoms with Crippen LogP contribution in [0.3, 0.4) is 0 Å². The fourth-order valence-electron chi connectivity index (χ4n) is 1.88. The molecule has 0 amide bonds. The zero-order chi connectivity index (χ0) is 14.4. The predicted molar refractivity (Wildman–Crippen MR) is 82.3 cm³/mol. The Labute approximate surface area is 120 Å². The highest BCUT2D eigenvalue weighted by atomic mass is 32.2. The molecule has 19 heavy (non-hydrogen) atoms. The third-order valence-electron chi connectivity index (χ3n) is 2.94. The first-order chi connectivity index (χ1) is 8.85. The summed E-state index contributed by atoms with van der Waals surface area (Å²) in [6, 6.07) is 0. The molecule has 0 aromatic carbocycles. The summed E-state index contributed by atoms with van der Waals surface area (Å²) in [5.74, 6) is 1.94. The van der Waals surface area contributed by atoms with E-state index in [9.17, 15) is 8.42 Å². The minimum Gasteiger partial charge on any atom is -0.355 e. The average Bonchev–Trinajstić information content (AvgIpc) is 2.74. The summed E-state index contributed by atoms with van der Waals surface area (Å²) < 4.78 is 24.5. The lowest BCUT2D eigenvalue weighted by Gasteiger charge is -2.24. The Hall–Kier alpha value is -0.470. The molecule has 8 heteroatoms. The van der Waals surface area contributed by atoms with Crippen molar-refractivity contribution in [3.63, 3.8) is 0 Å². The van der Waals surface area contributed by atoms with Gasteiger partial charge in [-0.2, -0.15) is 11.8 Å². The lowest BCUT2D eigenvalue weighted by molar-refractivity contribution is 0.580. The maximum absolute atomic E-state index is 10.9. The van der Waals surface area contributed by atoms with E-state index >= 15 is 0 Å². The lowest BCUT2D eigenvalue weighted by atomic mass is 10.1. The topological polar surface area (TPSA) is 82.6 Å². The minimum atomic E-state index is -3.12. The summed E-state index contributed by atoms with van der Waals surface area (Å²) in [5.41, 5.74) is 0. The van der Waals surface area contributed by atoms with Gasteiger partial charge in [0.25, 0.3) is 0 Å². The van der Waals surface area contributed by atoms with Crippen LogP contribution in [0, 0.1) is 0 Å². The highest BCUT2D eigenvalue weighted by Gasteiger charge is 2.29. The molecule has 1 fully saturated rings. The van der Waals surface area contributed by atoms with E-state index in [1.165, 1.54) is 18.6 Å². The van der Waals surface area contributed by atoms with E-state index in [-0.39, 0.29) is 4.75 Å².